The van der Waals surface area contributed by atoms with Crippen molar-refractivity contribution in [2.24, 2.45) is 16.7 Å². The molecule has 0 aliphatic heterocycles. The number of hydrogen-bond acceptors (Lipinski definition) is 7. The monoisotopic (exact) mass is 635 g/mol. The number of likely N-dealkylation sites (N-methyl/N-ethyl adjacent to an activating group) is 1. The zero-order valence-electron chi connectivity index (χ0n) is 29.4. The molecule has 3 aromatic rings. The molecule has 3 rings (SSSR count). The minimum absolute atomic E-state index is 0.136. The number of nitrogens with one attached hydrogen (secondary N) is 2. The van der Waals surface area contributed by atoms with Crippen LogP contribution in [0.2, 0.25) is 0 Å². The average molecular weight is 636 g/mol. The van der Waals surface area contributed by atoms with Gasteiger partial charge in [0.05, 0.1) is 30.9 Å². The lowest BCUT2D eigenvalue weighted by Crippen LogP contribution is -2.47. The Morgan fingerprint density at radius 1 is 1.07 bits per heavy atom. The minimum Gasteiger partial charge on any atom is -0.392 e. The zero-order valence-corrected chi connectivity index (χ0v) is 29.4. The summed E-state index contributed by atoms with van der Waals surface area (Å²) in [7, 11) is 0. The number of nitrogens with zero attached hydrogens (tertiary/aromatic N) is 5. The molecule has 0 fully saturated rings. The van der Waals surface area contributed by atoms with Crippen LogP contribution in [-0.4, -0.2) is 74.1 Å². The molecular formula is C36H57N7O3. The van der Waals surface area contributed by atoms with Gasteiger partial charge < -0.3 is 20.6 Å². The van der Waals surface area contributed by atoms with Crippen LogP contribution in [0, 0.1) is 23.7 Å². The van der Waals surface area contributed by atoms with Crippen molar-refractivity contribution in [1.29, 1.82) is 0 Å². The maximum atomic E-state index is 13.2. The number of rotatable bonds is 19. The Morgan fingerprint density at radius 2 is 1.83 bits per heavy atom. The van der Waals surface area contributed by atoms with E-state index in [1.165, 1.54) is 22.9 Å². The van der Waals surface area contributed by atoms with Crippen LogP contribution in [0.1, 0.15) is 91.0 Å². The Hall–Kier alpha value is -3.37. The molecule has 3 N–H and O–H groups in total. The van der Waals surface area contributed by atoms with Crippen LogP contribution in [-0.2, 0) is 29.1 Å². The van der Waals surface area contributed by atoms with Crippen LogP contribution < -0.4 is 10.6 Å². The quantitative estimate of drug-likeness (QED) is 0.168. The molecule has 10 heteroatoms. The number of aliphatic hydroxyl groups excluding tert-OH is 1. The number of aromatic nitrogens is 4. The summed E-state index contributed by atoms with van der Waals surface area (Å²) in [5.74, 6) is 0.305. The molecular weight excluding hydrogens is 578 g/mol. The van der Waals surface area contributed by atoms with E-state index >= 15 is 0 Å². The smallest absolute Gasteiger partial charge is 0.226 e. The third-order valence-electron chi connectivity index (χ3n) is 9.17. The van der Waals surface area contributed by atoms with E-state index in [0.29, 0.717) is 24.5 Å². The summed E-state index contributed by atoms with van der Waals surface area (Å²) in [6, 6.07) is 8.69. The van der Waals surface area contributed by atoms with Crippen molar-refractivity contribution in [3.63, 3.8) is 0 Å². The fourth-order valence-corrected chi connectivity index (χ4v) is 6.12. The maximum Gasteiger partial charge on any atom is 0.226 e. The number of benzene rings is 1. The highest BCUT2D eigenvalue weighted by Crippen LogP contribution is 2.37. The van der Waals surface area contributed by atoms with Gasteiger partial charge in [0.15, 0.2) is 0 Å². The van der Waals surface area contributed by atoms with Gasteiger partial charge in [0.2, 0.25) is 11.8 Å². The topological polar surface area (TPSA) is 125 Å². The van der Waals surface area contributed by atoms with Crippen molar-refractivity contribution >= 4 is 22.7 Å². The summed E-state index contributed by atoms with van der Waals surface area (Å²) in [6.07, 6.45) is 7.53. The van der Waals surface area contributed by atoms with E-state index in [4.69, 9.17) is 0 Å². The molecule has 10 nitrogen and oxygen atoms in total. The first-order chi connectivity index (χ1) is 21.8. The van der Waals surface area contributed by atoms with Crippen molar-refractivity contribution in [3.8, 4) is 0 Å². The Balaban J connectivity index is 1.42. The van der Waals surface area contributed by atoms with Gasteiger partial charge in [-0.15, -0.1) is 5.10 Å². The standard InChI is InChI=1S/C36H57N7O3/c1-9-36(8,34(46)38-22-28(5)44)25-35(6,7)33(45)39-23-30-24-43(41-40-30)19-18-42(10-2)17-11-12-26(3)20-29-15-16-37-32-21-27(4)13-14-31(29)32/h13-16,21,24,26,28,44H,9-12,17-20,22-23,25H2,1-8H3,(H,38,46)(H,39,45). The second-order valence-electron chi connectivity index (χ2n) is 14.1. The third-order valence-corrected chi connectivity index (χ3v) is 9.17. The molecule has 3 unspecified atom stereocenters. The van der Waals surface area contributed by atoms with Gasteiger partial charge in [-0.1, -0.05) is 58.9 Å². The molecule has 1 aromatic carbocycles. The molecule has 3 atom stereocenters. The van der Waals surface area contributed by atoms with Crippen molar-refractivity contribution in [3.05, 3.63) is 53.5 Å². The van der Waals surface area contributed by atoms with Gasteiger partial charge in [-0.2, -0.15) is 0 Å². The van der Waals surface area contributed by atoms with Gasteiger partial charge in [-0.3, -0.25) is 19.3 Å². The van der Waals surface area contributed by atoms with Crippen LogP contribution in [0.25, 0.3) is 10.9 Å². The largest absolute Gasteiger partial charge is 0.392 e. The van der Waals surface area contributed by atoms with E-state index < -0.39 is 16.9 Å². The SMILES string of the molecule is CCN(CCCC(C)Cc1ccnc2cc(C)ccc12)CCn1cc(CNC(=O)C(C)(C)CC(C)(CC)C(=O)NCC(C)O)nn1. The van der Waals surface area contributed by atoms with Crippen molar-refractivity contribution < 1.29 is 14.7 Å². The number of amides is 2. The Bertz CT molecular complexity index is 1420. The van der Waals surface area contributed by atoms with E-state index in [0.717, 1.165) is 44.5 Å². The van der Waals surface area contributed by atoms with Gasteiger partial charge in [-0.05, 0) is 88.2 Å². The molecule has 254 valence electrons. The molecule has 0 saturated heterocycles. The Labute approximate surface area is 275 Å². The summed E-state index contributed by atoms with van der Waals surface area (Å²) in [4.78, 5) is 33.0. The molecule has 0 radical (unpaired) electrons. The van der Waals surface area contributed by atoms with E-state index in [1.807, 2.05) is 44.8 Å². The highest BCUT2D eigenvalue weighted by Gasteiger charge is 2.40. The highest BCUT2D eigenvalue weighted by atomic mass is 16.3. The first kappa shape index (κ1) is 37.1. The van der Waals surface area contributed by atoms with Crippen LogP contribution in [0.4, 0.5) is 0 Å². The lowest BCUT2D eigenvalue weighted by atomic mass is 9.71. The van der Waals surface area contributed by atoms with E-state index in [2.05, 4.69) is 75.9 Å². The van der Waals surface area contributed by atoms with E-state index in [9.17, 15) is 14.7 Å². The summed E-state index contributed by atoms with van der Waals surface area (Å²) in [5.41, 5.74) is 2.90. The van der Waals surface area contributed by atoms with Crippen LogP contribution in [0.3, 0.4) is 0 Å². The third kappa shape index (κ3) is 10.9. The fraction of sp³-hybridized carbons (Fsp3) is 0.639. The lowest BCUT2D eigenvalue weighted by Gasteiger charge is -2.35. The summed E-state index contributed by atoms with van der Waals surface area (Å²) < 4.78 is 1.84. The average Bonchev–Trinajstić information content (AvgIpc) is 3.47. The number of pyridine rings is 1. The van der Waals surface area contributed by atoms with Crippen LogP contribution >= 0.6 is 0 Å². The molecule has 0 aliphatic rings. The molecule has 2 heterocycles. The molecule has 2 amide bonds. The number of aliphatic hydroxyl groups is 1. The van der Waals surface area contributed by atoms with Crippen LogP contribution in [0.15, 0.2) is 36.7 Å². The molecule has 46 heavy (non-hydrogen) atoms. The number of aryl methyl sites for hydroxylation is 1. The fourth-order valence-electron chi connectivity index (χ4n) is 6.12. The number of fused-ring (bicyclic) bond motifs is 1. The van der Waals surface area contributed by atoms with Gasteiger partial charge in [0.25, 0.3) is 0 Å². The van der Waals surface area contributed by atoms with Gasteiger partial charge in [-0.25, -0.2) is 0 Å². The van der Waals surface area contributed by atoms with Crippen LogP contribution in [0.5, 0.6) is 0 Å². The molecule has 2 aromatic heterocycles. The van der Waals surface area contributed by atoms with E-state index in [1.54, 1.807) is 6.92 Å². The molecule has 0 aliphatic carbocycles. The normalized spacial score (nSPS) is 14.7. The second kappa shape index (κ2) is 17.0. The van der Waals surface area contributed by atoms with Crippen molar-refractivity contribution in [1.82, 2.24) is 35.5 Å². The molecule has 0 spiro atoms. The van der Waals surface area contributed by atoms with Gasteiger partial charge in [0.1, 0.15) is 5.69 Å². The number of carbonyl (C=O) groups excluding carboxylic acids is 2. The van der Waals surface area contributed by atoms with Gasteiger partial charge in [0, 0.05) is 35.5 Å². The zero-order chi connectivity index (χ0) is 33.9. The number of carbonyl (C=O) groups is 2. The predicted octanol–water partition coefficient (Wildman–Crippen LogP) is 5.06. The highest BCUT2D eigenvalue weighted by molar-refractivity contribution is 5.86. The summed E-state index contributed by atoms with van der Waals surface area (Å²) in [6.45, 7) is 19.9. The van der Waals surface area contributed by atoms with Crippen molar-refractivity contribution in [2.45, 2.75) is 107 Å². The Morgan fingerprint density at radius 3 is 2.52 bits per heavy atom. The maximum absolute atomic E-state index is 13.2. The predicted molar refractivity (Wildman–Crippen MR) is 184 cm³/mol. The van der Waals surface area contributed by atoms with Crippen molar-refractivity contribution in [2.75, 3.05) is 26.2 Å². The lowest BCUT2D eigenvalue weighted by molar-refractivity contribution is -0.137. The first-order valence-corrected chi connectivity index (χ1v) is 17.0. The minimum atomic E-state index is -0.771. The van der Waals surface area contributed by atoms with E-state index in [-0.39, 0.29) is 24.9 Å². The molecule has 0 saturated carbocycles. The Kier molecular flexibility index (Phi) is 13.7. The first-order valence-electron chi connectivity index (χ1n) is 17.0. The second-order valence-corrected chi connectivity index (χ2v) is 14.1. The summed E-state index contributed by atoms with van der Waals surface area (Å²) in [5, 5.41) is 25.2. The number of hydrogen-bond donors (Lipinski definition) is 3. The summed E-state index contributed by atoms with van der Waals surface area (Å²) >= 11 is 0. The van der Waals surface area contributed by atoms with Gasteiger partial charge >= 0.3 is 0 Å². The molecule has 0 bridgehead atoms.